The van der Waals surface area contributed by atoms with Crippen LogP contribution in [0.15, 0.2) is 0 Å². The van der Waals surface area contributed by atoms with E-state index in [1.165, 1.54) is 25.8 Å². The third-order valence-corrected chi connectivity index (χ3v) is 3.39. The van der Waals surface area contributed by atoms with Crippen LogP contribution in [0, 0.1) is 5.41 Å². The summed E-state index contributed by atoms with van der Waals surface area (Å²) in [5, 5.41) is 9.38. The summed E-state index contributed by atoms with van der Waals surface area (Å²) in [6.45, 7) is 9.18. The highest BCUT2D eigenvalue weighted by atomic mass is 16.3. The number of rotatable bonds is 7. The molecule has 1 aliphatic carbocycles. The topological polar surface area (TPSA) is 23.5 Å². The van der Waals surface area contributed by atoms with Gasteiger partial charge in [0.1, 0.15) is 0 Å². The van der Waals surface area contributed by atoms with Crippen LogP contribution < -0.4 is 0 Å². The van der Waals surface area contributed by atoms with Gasteiger partial charge in [0.05, 0.1) is 0 Å². The maximum atomic E-state index is 9.38. The van der Waals surface area contributed by atoms with Crippen molar-refractivity contribution in [3.8, 4) is 0 Å². The minimum absolute atomic E-state index is 0.109. The van der Waals surface area contributed by atoms with Gasteiger partial charge in [0.2, 0.25) is 0 Å². The number of hydrogen-bond acceptors (Lipinski definition) is 2. The monoisotopic (exact) mass is 199 g/mol. The minimum Gasteiger partial charge on any atom is -0.396 e. The average molecular weight is 199 g/mol. The fourth-order valence-corrected chi connectivity index (χ4v) is 1.88. The molecule has 0 radical (unpaired) electrons. The lowest BCUT2D eigenvalue weighted by atomic mass is 9.88. The van der Waals surface area contributed by atoms with Gasteiger partial charge in [0.25, 0.3) is 0 Å². The standard InChI is InChI=1S/C12H25NO/c1-4-8-13(11-6-7-11)9-12(3,5-2)10-14/h11,14H,4-10H2,1-3H3. The van der Waals surface area contributed by atoms with Crippen molar-refractivity contribution in [3.63, 3.8) is 0 Å². The fourth-order valence-electron chi connectivity index (χ4n) is 1.88. The molecule has 0 aliphatic heterocycles. The molecule has 2 heteroatoms. The smallest absolute Gasteiger partial charge is 0.0496 e. The van der Waals surface area contributed by atoms with Crippen LogP contribution >= 0.6 is 0 Å². The van der Waals surface area contributed by atoms with Crippen molar-refractivity contribution < 1.29 is 5.11 Å². The van der Waals surface area contributed by atoms with Gasteiger partial charge in [-0.05, 0) is 32.2 Å². The predicted octanol–water partition coefficient (Wildman–Crippen LogP) is 2.27. The second-order valence-electron chi connectivity index (χ2n) is 5.02. The van der Waals surface area contributed by atoms with Gasteiger partial charge in [-0.3, -0.25) is 4.90 Å². The van der Waals surface area contributed by atoms with Gasteiger partial charge in [-0.1, -0.05) is 20.8 Å². The summed E-state index contributed by atoms with van der Waals surface area (Å²) in [6.07, 6.45) is 5.02. The molecule has 0 aromatic rings. The van der Waals surface area contributed by atoms with Crippen molar-refractivity contribution in [3.05, 3.63) is 0 Å². The zero-order valence-electron chi connectivity index (χ0n) is 9.92. The molecular weight excluding hydrogens is 174 g/mol. The lowest BCUT2D eigenvalue weighted by molar-refractivity contribution is 0.0808. The molecule has 0 saturated heterocycles. The number of aliphatic hydroxyl groups is 1. The highest BCUT2D eigenvalue weighted by Gasteiger charge is 2.33. The molecule has 1 atom stereocenters. The van der Waals surface area contributed by atoms with E-state index in [1.54, 1.807) is 0 Å². The van der Waals surface area contributed by atoms with Crippen LogP contribution in [-0.2, 0) is 0 Å². The Labute approximate surface area is 88.3 Å². The maximum Gasteiger partial charge on any atom is 0.0496 e. The minimum atomic E-state index is 0.109. The van der Waals surface area contributed by atoms with E-state index in [0.29, 0.717) is 6.61 Å². The molecule has 0 aromatic heterocycles. The Morgan fingerprint density at radius 1 is 1.36 bits per heavy atom. The van der Waals surface area contributed by atoms with Crippen molar-refractivity contribution in [1.29, 1.82) is 0 Å². The summed E-state index contributed by atoms with van der Waals surface area (Å²) in [4.78, 5) is 2.57. The third kappa shape index (κ3) is 3.25. The highest BCUT2D eigenvalue weighted by Crippen LogP contribution is 2.31. The maximum absolute atomic E-state index is 9.38. The zero-order chi connectivity index (χ0) is 10.6. The van der Waals surface area contributed by atoms with Crippen LogP contribution in [-0.4, -0.2) is 35.7 Å². The second-order valence-corrected chi connectivity index (χ2v) is 5.02. The normalized spacial score (nSPS) is 21.2. The Morgan fingerprint density at radius 3 is 2.36 bits per heavy atom. The molecule has 84 valence electrons. The van der Waals surface area contributed by atoms with Crippen LogP contribution in [0.2, 0.25) is 0 Å². The zero-order valence-corrected chi connectivity index (χ0v) is 9.92. The van der Waals surface area contributed by atoms with Crippen LogP contribution in [0.25, 0.3) is 0 Å². The molecule has 0 bridgehead atoms. The van der Waals surface area contributed by atoms with Gasteiger partial charge < -0.3 is 5.11 Å². The molecule has 1 fully saturated rings. The molecule has 0 heterocycles. The number of aliphatic hydroxyl groups excluding tert-OH is 1. The van der Waals surface area contributed by atoms with Gasteiger partial charge in [-0.15, -0.1) is 0 Å². The van der Waals surface area contributed by atoms with Gasteiger partial charge >= 0.3 is 0 Å². The molecule has 1 N–H and O–H groups in total. The van der Waals surface area contributed by atoms with E-state index >= 15 is 0 Å². The molecule has 1 saturated carbocycles. The van der Waals surface area contributed by atoms with Crippen LogP contribution in [0.1, 0.15) is 46.5 Å². The van der Waals surface area contributed by atoms with Crippen molar-refractivity contribution in [2.45, 2.75) is 52.5 Å². The van der Waals surface area contributed by atoms with E-state index in [0.717, 1.165) is 19.0 Å². The van der Waals surface area contributed by atoms with Crippen LogP contribution in [0.5, 0.6) is 0 Å². The molecule has 1 aliphatic rings. The molecule has 1 unspecified atom stereocenters. The van der Waals surface area contributed by atoms with E-state index in [9.17, 15) is 5.11 Å². The Bertz CT molecular complexity index is 162. The number of nitrogens with zero attached hydrogens (tertiary/aromatic N) is 1. The molecule has 0 amide bonds. The van der Waals surface area contributed by atoms with Crippen LogP contribution in [0.4, 0.5) is 0 Å². The summed E-state index contributed by atoms with van der Waals surface area (Å²) in [6, 6.07) is 0.826. The molecule has 1 rings (SSSR count). The summed E-state index contributed by atoms with van der Waals surface area (Å²) >= 11 is 0. The first-order chi connectivity index (χ1) is 6.65. The number of hydrogen-bond donors (Lipinski definition) is 1. The SMILES string of the molecule is CCCN(CC(C)(CC)CO)C1CC1. The Kier molecular flexibility index (Phi) is 4.39. The van der Waals surface area contributed by atoms with Gasteiger partial charge in [-0.2, -0.15) is 0 Å². The van der Waals surface area contributed by atoms with Gasteiger partial charge in [0.15, 0.2) is 0 Å². The Hall–Kier alpha value is -0.0800. The van der Waals surface area contributed by atoms with E-state index in [1.807, 2.05) is 0 Å². The summed E-state index contributed by atoms with van der Waals surface area (Å²) in [5.41, 5.74) is 0.109. The first kappa shape index (κ1) is 12.0. The van der Waals surface area contributed by atoms with Crippen molar-refractivity contribution >= 4 is 0 Å². The summed E-state index contributed by atoms with van der Waals surface area (Å²) < 4.78 is 0. The summed E-state index contributed by atoms with van der Waals surface area (Å²) in [7, 11) is 0. The molecule has 0 spiro atoms. The van der Waals surface area contributed by atoms with Gasteiger partial charge in [-0.25, -0.2) is 0 Å². The predicted molar refractivity (Wildman–Crippen MR) is 60.4 cm³/mol. The first-order valence-corrected chi connectivity index (χ1v) is 6.00. The Morgan fingerprint density at radius 2 is 2.00 bits per heavy atom. The molecular formula is C12H25NO. The lowest BCUT2D eigenvalue weighted by Crippen LogP contribution is -2.39. The third-order valence-electron chi connectivity index (χ3n) is 3.39. The molecule has 14 heavy (non-hydrogen) atoms. The average Bonchev–Trinajstić information content (AvgIpc) is 3.00. The first-order valence-electron chi connectivity index (χ1n) is 6.00. The van der Waals surface area contributed by atoms with Crippen molar-refractivity contribution in [1.82, 2.24) is 4.90 Å². The van der Waals surface area contributed by atoms with Crippen LogP contribution in [0.3, 0.4) is 0 Å². The largest absolute Gasteiger partial charge is 0.396 e. The Balaban J connectivity index is 2.43. The van der Waals surface area contributed by atoms with Gasteiger partial charge in [0, 0.05) is 24.6 Å². The summed E-state index contributed by atoms with van der Waals surface area (Å²) in [5.74, 6) is 0. The quantitative estimate of drug-likeness (QED) is 0.680. The fraction of sp³-hybridized carbons (Fsp3) is 1.00. The highest BCUT2D eigenvalue weighted by molar-refractivity contribution is 4.88. The lowest BCUT2D eigenvalue weighted by Gasteiger charge is -2.33. The van der Waals surface area contributed by atoms with E-state index in [-0.39, 0.29) is 5.41 Å². The van der Waals surface area contributed by atoms with E-state index in [2.05, 4.69) is 25.7 Å². The van der Waals surface area contributed by atoms with E-state index < -0.39 is 0 Å². The molecule has 0 aromatic carbocycles. The van der Waals surface area contributed by atoms with Crippen molar-refractivity contribution in [2.24, 2.45) is 5.41 Å². The second kappa shape index (κ2) is 5.13. The van der Waals surface area contributed by atoms with Crippen molar-refractivity contribution in [2.75, 3.05) is 19.7 Å². The van der Waals surface area contributed by atoms with E-state index in [4.69, 9.17) is 0 Å². The molecule has 2 nitrogen and oxygen atoms in total.